The number of carbonyl (C=O) groups excluding carboxylic acids is 4. The van der Waals surface area contributed by atoms with Crippen LogP contribution in [0.5, 0.6) is 11.5 Å². The van der Waals surface area contributed by atoms with Gasteiger partial charge in [0, 0.05) is 31.1 Å². The summed E-state index contributed by atoms with van der Waals surface area (Å²) in [5, 5.41) is 7.00. The molecular formula is C56H81N4O19P2+. The topological polar surface area (TPSA) is 293 Å². The third kappa shape index (κ3) is 18.2. The molecule has 25 heteroatoms. The van der Waals surface area contributed by atoms with Crippen molar-refractivity contribution < 1.29 is 94.0 Å². The van der Waals surface area contributed by atoms with Crippen molar-refractivity contribution in [3.8, 4) is 11.5 Å². The summed E-state index contributed by atoms with van der Waals surface area (Å²) in [5.74, 6) is -4.70. The number of aromatic nitrogens is 1. The number of hydrogen-bond donors (Lipinski definition) is 3. The number of ether oxygens (including phenoxy) is 8. The summed E-state index contributed by atoms with van der Waals surface area (Å²) >= 11 is 0. The molecule has 448 valence electrons. The van der Waals surface area contributed by atoms with Crippen LogP contribution >= 0.6 is 15.2 Å². The summed E-state index contributed by atoms with van der Waals surface area (Å²) in [6.07, 6.45) is 3.04. The molecule has 0 saturated carbocycles. The number of para-hydroxylation sites is 2. The second-order valence-electron chi connectivity index (χ2n) is 21.0. The Labute approximate surface area is 474 Å². The molecule has 5 aliphatic rings. The molecular weight excluding hydrogens is 1090 g/mol. The van der Waals surface area contributed by atoms with E-state index in [1.54, 1.807) is 176 Å². The van der Waals surface area contributed by atoms with Crippen LogP contribution in [0.15, 0.2) is 109 Å². The van der Waals surface area contributed by atoms with Crippen LogP contribution in [0.3, 0.4) is 0 Å². The van der Waals surface area contributed by atoms with Gasteiger partial charge in [-0.3, -0.25) is 28.2 Å². The van der Waals surface area contributed by atoms with Gasteiger partial charge in [0.15, 0.2) is 36.3 Å². The Morgan fingerprint density at radius 2 is 1.12 bits per heavy atom. The number of aliphatic hydroxyl groups is 1. The van der Waals surface area contributed by atoms with E-state index in [2.05, 4.69) is 0 Å². The fraction of sp³-hybridized carbons (Fsp3) is 0.554. The zero-order valence-corrected chi connectivity index (χ0v) is 48.8. The van der Waals surface area contributed by atoms with Crippen molar-refractivity contribution in [3.63, 3.8) is 0 Å². The first kappa shape index (κ1) is 66.3. The SMILES string of the molecule is C.CC(C)OC(=O)[C@H](C)CP(=O)(OCC1O[C@@H](N2C=CCC(C(N)=O)=C2)[C@@H]2OC(C)(C)O[C@H]12)Oc1ccccc1.CC(C)OC(=O)[C@H](C)CP(=O)(OCC1O[C@@H]([n+]2cccc(C(N)=O)c2)[C@@H]2OC(C)(C)O[C@H]12)Oc1ccccc1.CO. The number of nitrogens with two attached hydrogens (primary N) is 2. The number of fused-ring (bicyclic) bond motifs is 2. The highest BCUT2D eigenvalue weighted by Crippen LogP contribution is 2.53. The number of allylic oxidation sites excluding steroid dienone is 1. The fourth-order valence-corrected chi connectivity index (χ4v) is 12.9. The third-order valence-corrected chi connectivity index (χ3v) is 16.6. The number of nitrogens with zero attached hydrogens (tertiary/aromatic N) is 2. The van der Waals surface area contributed by atoms with Crippen LogP contribution in [0.4, 0.5) is 0 Å². The minimum absolute atomic E-state index is 0. The van der Waals surface area contributed by atoms with Crippen LogP contribution in [-0.2, 0) is 70.5 Å². The van der Waals surface area contributed by atoms with Crippen LogP contribution in [-0.4, -0.2) is 133 Å². The largest absolute Gasteiger partial charge is 0.463 e. The molecule has 4 saturated heterocycles. The van der Waals surface area contributed by atoms with E-state index in [-0.39, 0.29) is 45.2 Å². The standard InChI is InChI=1S/C27H37N2O9P.C27H35N2O9P.CH4O.CH4/c2*1-17(2)34-26(31)18(3)16-39(32,38-20-11-7-6-8-12-20)33-15-21-22-23(37-27(4,5)36-22)25(35-21)29-13-9-10-19(14-29)24(28)30;1-2;/h6-9,11-14,17-18,21-23,25H,10,15-16H2,1-5H3,(H2,28,30);6-14,17-18,21-23,25H,15-16H2,1-5H3,(H-,28,30);2H,1H3;1H4/p+1/t2*18-,21?,22-,23-,25-,39?;;/m11../s1. The average molecular weight is 1180 g/mol. The van der Waals surface area contributed by atoms with Gasteiger partial charge in [-0.15, -0.1) is 0 Å². The predicted octanol–water partition coefficient (Wildman–Crippen LogP) is 7.31. The van der Waals surface area contributed by atoms with E-state index in [1.807, 2.05) is 6.08 Å². The maximum Gasteiger partial charge on any atom is 0.380 e. The molecule has 81 heavy (non-hydrogen) atoms. The van der Waals surface area contributed by atoms with E-state index in [0.29, 0.717) is 29.1 Å². The van der Waals surface area contributed by atoms with Crippen molar-refractivity contribution in [2.75, 3.05) is 32.6 Å². The number of esters is 2. The van der Waals surface area contributed by atoms with Gasteiger partial charge < -0.3 is 68.4 Å². The van der Waals surface area contributed by atoms with Gasteiger partial charge in [0.1, 0.15) is 47.6 Å². The Hall–Kier alpha value is -5.55. The van der Waals surface area contributed by atoms with Gasteiger partial charge >= 0.3 is 27.1 Å². The number of primary amides is 2. The molecule has 0 bridgehead atoms. The van der Waals surface area contributed by atoms with Crippen molar-refractivity contribution in [2.45, 2.75) is 156 Å². The lowest BCUT2D eigenvalue weighted by Gasteiger charge is -2.31. The predicted molar refractivity (Wildman–Crippen MR) is 295 cm³/mol. The maximum atomic E-state index is 14.0. The molecule has 0 aliphatic carbocycles. The minimum Gasteiger partial charge on any atom is -0.463 e. The molecule has 6 heterocycles. The molecule has 8 rings (SSSR count). The Balaban J connectivity index is 0.000000285. The Morgan fingerprint density at radius 1 is 0.667 bits per heavy atom. The summed E-state index contributed by atoms with van der Waals surface area (Å²) in [4.78, 5) is 50.2. The zero-order chi connectivity index (χ0) is 58.7. The molecule has 4 unspecified atom stereocenters. The maximum absolute atomic E-state index is 14.0. The van der Waals surface area contributed by atoms with Crippen molar-refractivity contribution in [2.24, 2.45) is 23.3 Å². The smallest absolute Gasteiger partial charge is 0.380 e. The fourth-order valence-electron chi connectivity index (χ4n) is 9.17. The van der Waals surface area contributed by atoms with E-state index >= 15 is 0 Å². The Kier molecular flexibility index (Phi) is 23.4. The van der Waals surface area contributed by atoms with E-state index in [4.69, 9.17) is 72.6 Å². The molecule has 5 N–H and O–H groups in total. The first-order chi connectivity index (χ1) is 37.7. The number of carbonyl (C=O) groups is 4. The number of benzene rings is 2. The van der Waals surface area contributed by atoms with Gasteiger partial charge in [0.2, 0.25) is 5.91 Å². The molecule has 4 fully saturated rings. The van der Waals surface area contributed by atoms with E-state index in [0.717, 1.165) is 7.11 Å². The van der Waals surface area contributed by atoms with Crippen LogP contribution in [0.25, 0.3) is 0 Å². The summed E-state index contributed by atoms with van der Waals surface area (Å²) in [5.41, 5.74) is 11.7. The van der Waals surface area contributed by atoms with Crippen molar-refractivity contribution >= 4 is 38.9 Å². The first-order valence-electron chi connectivity index (χ1n) is 26.3. The minimum atomic E-state index is -3.87. The van der Waals surface area contributed by atoms with Gasteiger partial charge in [-0.05, 0) is 92.1 Å². The van der Waals surface area contributed by atoms with Gasteiger partial charge in [0.05, 0.1) is 49.6 Å². The molecule has 2 amide bonds. The molecule has 2 aromatic carbocycles. The summed E-state index contributed by atoms with van der Waals surface area (Å²) < 4.78 is 101. The normalized spacial score (nSPS) is 26.0. The van der Waals surface area contributed by atoms with Gasteiger partial charge in [0.25, 0.3) is 12.1 Å². The summed E-state index contributed by atoms with van der Waals surface area (Å²) in [6, 6.07) is 20.5. The first-order valence-corrected chi connectivity index (χ1v) is 29.8. The number of rotatable bonds is 22. The second kappa shape index (κ2) is 28.6. The molecule has 5 aliphatic heterocycles. The lowest BCUT2D eigenvalue weighted by Crippen LogP contribution is -2.46. The van der Waals surface area contributed by atoms with E-state index in [9.17, 15) is 28.3 Å². The number of hydrogen-bond acceptors (Lipinski definition) is 20. The highest BCUT2D eigenvalue weighted by atomic mass is 31.2. The quantitative estimate of drug-likeness (QED) is 0.0505. The highest BCUT2D eigenvalue weighted by Gasteiger charge is 2.60. The lowest BCUT2D eigenvalue weighted by atomic mass is 10.1. The van der Waals surface area contributed by atoms with E-state index in [1.165, 1.54) is 0 Å². The van der Waals surface area contributed by atoms with Crippen molar-refractivity contribution in [1.82, 2.24) is 4.90 Å². The van der Waals surface area contributed by atoms with Crippen molar-refractivity contribution in [1.29, 1.82) is 0 Å². The molecule has 0 radical (unpaired) electrons. The second-order valence-corrected chi connectivity index (χ2v) is 25.0. The molecule has 1 aromatic heterocycles. The monoisotopic (exact) mass is 1180 g/mol. The Bertz CT molecular complexity index is 2750. The zero-order valence-electron chi connectivity index (χ0n) is 47.0. The molecule has 3 aromatic rings. The molecule has 12 atom stereocenters. The van der Waals surface area contributed by atoms with Crippen molar-refractivity contribution in [3.05, 3.63) is 115 Å². The molecule has 0 spiro atoms. The van der Waals surface area contributed by atoms with Crippen LogP contribution in [0.1, 0.15) is 99.7 Å². The average Bonchev–Trinajstić information content (AvgIpc) is 4.33. The van der Waals surface area contributed by atoms with Gasteiger partial charge in [-0.1, -0.05) is 63.7 Å². The Morgan fingerprint density at radius 3 is 1.59 bits per heavy atom. The third-order valence-electron chi connectivity index (χ3n) is 12.5. The number of amides is 2. The van der Waals surface area contributed by atoms with Gasteiger partial charge in [-0.25, -0.2) is 9.13 Å². The lowest BCUT2D eigenvalue weighted by molar-refractivity contribution is -0.766. The van der Waals surface area contributed by atoms with Crippen LogP contribution in [0.2, 0.25) is 0 Å². The van der Waals surface area contributed by atoms with Gasteiger partial charge in [-0.2, -0.15) is 4.57 Å². The van der Waals surface area contributed by atoms with E-state index < -0.39 is 111 Å². The number of pyridine rings is 1. The summed E-state index contributed by atoms with van der Waals surface area (Å²) in [6.45, 7) is 17.1. The highest BCUT2D eigenvalue weighted by molar-refractivity contribution is 7.54. The number of aliphatic hydroxyl groups excluding tert-OH is 1. The van der Waals surface area contributed by atoms with Crippen LogP contribution in [0, 0.1) is 11.8 Å². The van der Waals surface area contributed by atoms with Crippen LogP contribution < -0.4 is 25.1 Å². The molecule has 23 nitrogen and oxygen atoms in total. The summed E-state index contributed by atoms with van der Waals surface area (Å²) in [7, 11) is -6.74.